The van der Waals surface area contributed by atoms with Crippen LogP contribution in [0.1, 0.15) is 32.7 Å². The number of imide groups is 1. The number of amides is 2. The molecule has 0 spiro atoms. The van der Waals surface area contributed by atoms with Crippen molar-refractivity contribution in [2.24, 2.45) is 0 Å². The van der Waals surface area contributed by atoms with Gasteiger partial charge in [-0.2, -0.15) is 4.80 Å². The Balaban J connectivity index is 1.38. The number of hydrogen-bond acceptors (Lipinski definition) is 5. The van der Waals surface area contributed by atoms with Gasteiger partial charge in [0.2, 0.25) is 5.82 Å². The third-order valence-electron chi connectivity index (χ3n) is 4.38. The second kappa shape index (κ2) is 6.51. The minimum atomic E-state index is -0.238. The number of carbonyl (C=O) groups excluding carboxylic acids is 2. The van der Waals surface area contributed by atoms with Crippen LogP contribution in [-0.4, -0.2) is 43.5 Å². The molecule has 26 heavy (non-hydrogen) atoms. The Labute approximate surface area is 150 Å². The first-order chi connectivity index (χ1) is 12.6. The van der Waals surface area contributed by atoms with Crippen molar-refractivity contribution in [2.45, 2.75) is 19.9 Å². The van der Waals surface area contributed by atoms with Crippen molar-refractivity contribution in [1.29, 1.82) is 0 Å². The monoisotopic (exact) mass is 347 g/mol. The Morgan fingerprint density at radius 1 is 0.885 bits per heavy atom. The zero-order chi connectivity index (χ0) is 18.1. The predicted molar refractivity (Wildman–Crippen MR) is 94.4 cm³/mol. The fourth-order valence-corrected chi connectivity index (χ4v) is 2.97. The molecule has 0 N–H and O–H groups in total. The zero-order valence-electron chi connectivity index (χ0n) is 14.3. The van der Waals surface area contributed by atoms with E-state index in [0.29, 0.717) is 36.5 Å². The van der Waals surface area contributed by atoms with E-state index < -0.39 is 0 Å². The maximum Gasteiger partial charge on any atom is 0.261 e. The third kappa shape index (κ3) is 2.88. The molecule has 7 nitrogen and oxygen atoms in total. The average molecular weight is 347 g/mol. The molecule has 1 aromatic heterocycles. The van der Waals surface area contributed by atoms with Gasteiger partial charge < -0.3 is 0 Å². The molecule has 2 amide bonds. The van der Waals surface area contributed by atoms with Crippen molar-refractivity contribution in [3.05, 3.63) is 65.2 Å². The van der Waals surface area contributed by atoms with Crippen molar-refractivity contribution in [2.75, 3.05) is 6.54 Å². The molecule has 0 radical (unpaired) electrons. The summed E-state index contributed by atoms with van der Waals surface area (Å²) >= 11 is 0. The second-order valence-corrected chi connectivity index (χ2v) is 6.24. The molecule has 0 unspecified atom stereocenters. The van der Waals surface area contributed by atoms with Crippen LogP contribution < -0.4 is 0 Å². The predicted octanol–water partition coefficient (Wildman–Crippen LogP) is 2.33. The zero-order valence-corrected chi connectivity index (χ0v) is 14.3. The SMILES string of the molecule is Cc1ccc(-c2nnn(CCCN3C(=O)c4ccccc4C3=O)n2)cc1. The molecule has 1 aliphatic rings. The van der Waals surface area contributed by atoms with Crippen molar-refractivity contribution in [3.8, 4) is 11.4 Å². The van der Waals surface area contributed by atoms with Crippen molar-refractivity contribution in [3.63, 3.8) is 0 Å². The minimum absolute atomic E-state index is 0.238. The Kier molecular flexibility index (Phi) is 4.04. The molecular formula is C19H17N5O2. The average Bonchev–Trinajstić information content (AvgIpc) is 3.22. The van der Waals surface area contributed by atoms with E-state index in [9.17, 15) is 9.59 Å². The van der Waals surface area contributed by atoms with Gasteiger partial charge in [0.15, 0.2) is 0 Å². The summed E-state index contributed by atoms with van der Waals surface area (Å²) in [5.74, 6) is 0.0840. The highest BCUT2D eigenvalue weighted by Gasteiger charge is 2.34. The topological polar surface area (TPSA) is 81.0 Å². The van der Waals surface area contributed by atoms with Gasteiger partial charge in [0.25, 0.3) is 11.8 Å². The molecule has 3 aromatic rings. The largest absolute Gasteiger partial charge is 0.274 e. The number of aryl methyl sites for hydroxylation is 2. The number of benzene rings is 2. The van der Waals surface area contributed by atoms with Crippen molar-refractivity contribution >= 4 is 11.8 Å². The fourth-order valence-electron chi connectivity index (χ4n) is 2.97. The molecule has 4 rings (SSSR count). The van der Waals surface area contributed by atoms with E-state index in [0.717, 1.165) is 5.56 Å². The first kappa shape index (κ1) is 16.1. The quantitative estimate of drug-likeness (QED) is 0.662. The van der Waals surface area contributed by atoms with Gasteiger partial charge >= 0.3 is 0 Å². The highest BCUT2D eigenvalue weighted by molar-refractivity contribution is 6.21. The molecule has 0 saturated heterocycles. The minimum Gasteiger partial charge on any atom is -0.274 e. The Morgan fingerprint density at radius 3 is 2.19 bits per heavy atom. The molecule has 0 atom stereocenters. The maximum atomic E-state index is 12.3. The summed E-state index contributed by atoms with van der Waals surface area (Å²) in [6.45, 7) is 2.83. The molecule has 2 aromatic carbocycles. The summed E-state index contributed by atoms with van der Waals surface area (Å²) in [5.41, 5.74) is 3.01. The number of carbonyl (C=O) groups is 2. The lowest BCUT2D eigenvalue weighted by Crippen LogP contribution is -2.31. The first-order valence-electron chi connectivity index (χ1n) is 8.43. The Hall–Kier alpha value is -3.35. The van der Waals surface area contributed by atoms with Crippen molar-refractivity contribution in [1.82, 2.24) is 25.1 Å². The fraction of sp³-hybridized carbons (Fsp3) is 0.211. The molecule has 7 heteroatoms. The van der Waals surface area contributed by atoms with Crippen LogP contribution in [0.15, 0.2) is 48.5 Å². The standard InChI is InChI=1S/C19H17N5O2/c1-13-7-9-14(10-8-13)17-20-22-24(21-17)12-4-11-23-18(25)15-5-2-3-6-16(15)19(23)26/h2-3,5-10H,4,11-12H2,1H3. The van der Waals surface area contributed by atoms with Gasteiger partial charge in [-0.15, -0.1) is 10.2 Å². The number of nitrogens with zero attached hydrogens (tertiary/aromatic N) is 5. The van der Waals surface area contributed by atoms with Crippen LogP contribution in [0.25, 0.3) is 11.4 Å². The van der Waals surface area contributed by atoms with E-state index in [2.05, 4.69) is 15.4 Å². The molecule has 0 saturated carbocycles. The Morgan fingerprint density at radius 2 is 1.54 bits per heavy atom. The van der Waals surface area contributed by atoms with Crippen LogP contribution in [0.5, 0.6) is 0 Å². The van der Waals surface area contributed by atoms with Crippen LogP contribution in [0.4, 0.5) is 0 Å². The second-order valence-electron chi connectivity index (χ2n) is 6.24. The van der Waals surface area contributed by atoms with E-state index in [1.165, 1.54) is 15.3 Å². The van der Waals surface area contributed by atoms with Gasteiger partial charge in [0.05, 0.1) is 17.7 Å². The van der Waals surface area contributed by atoms with Gasteiger partial charge in [0.1, 0.15) is 0 Å². The van der Waals surface area contributed by atoms with Crippen LogP contribution in [0.3, 0.4) is 0 Å². The Bertz CT molecular complexity index is 943. The summed E-state index contributed by atoms with van der Waals surface area (Å²) in [7, 11) is 0. The van der Waals surface area contributed by atoms with E-state index in [1.807, 2.05) is 31.2 Å². The molecule has 0 aliphatic carbocycles. The molecule has 2 heterocycles. The number of tetrazole rings is 1. The normalized spacial score (nSPS) is 13.3. The van der Waals surface area contributed by atoms with Crippen LogP contribution in [0, 0.1) is 6.92 Å². The smallest absolute Gasteiger partial charge is 0.261 e. The van der Waals surface area contributed by atoms with Gasteiger partial charge in [-0.05, 0) is 30.7 Å². The number of hydrogen-bond donors (Lipinski definition) is 0. The lowest BCUT2D eigenvalue weighted by Gasteiger charge is -2.12. The number of fused-ring (bicyclic) bond motifs is 1. The summed E-state index contributed by atoms with van der Waals surface area (Å²) in [6, 6.07) is 14.8. The van der Waals surface area contributed by atoms with Crippen LogP contribution >= 0.6 is 0 Å². The van der Waals surface area contributed by atoms with Gasteiger partial charge in [0, 0.05) is 12.1 Å². The van der Waals surface area contributed by atoms with E-state index in [-0.39, 0.29) is 11.8 Å². The molecule has 130 valence electrons. The van der Waals surface area contributed by atoms with E-state index >= 15 is 0 Å². The first-order valence-corrected chi connectivity index (χ1v) is 8.43. The van der Waals surface area contributed by atoms with Gasteiger partial charge in [-0.3, -0.25) is 14.5 Å². The number of aromatic nitrogens is 4. The van der Waals surface area contributed by atoms with Gasteiger partial charge in [-0.25, -0.2) is 0 Å². The highest BCUT2D eigenvalue weighted by Crippen LogP contribution is 2.22. The summed E-state index contributed by atoms with van der Waals surface area (Å²) in [6.07, 6.45) is 0.565. The van der Waals surface area contributed by atoms with Gasteiger partial charge in [-0.1, -0.05) is 42.0 Å². The number of rotatable bonds is 5. The summed E-state index contributed by atoms with van der Waals surface area (Å²) in [5, 5.41) is 12.5. The highest BCUT2D eigenvalue weighted by atomic mass is 16.2. The third-order valence-corrected chi connectivity index (χ3v) is 4.38. The lowest BCUT2D eigenvalue weighted by atomic mass is 10.1. The molecular weight excluding hydrogens is 330 g/mol. The van der Waals surface area contributed by atoms with E-state index in [1.54, 1.807) is 24.3 Å². The lowest BCUT2D eigenvalue weighted by molar-refractivity contribution is 0.0649. The summed E-state index contributed by atoms with van der Waals surface area (Å²) < 4.78 is 0. The molecule has 0 fully saturated rings. The van der Waals surface area contributed by atoms with Crippen LogP contribution in [-0.2, 0) is 6.54 Å². The molecule has 0 bridgehead atoms. The van der Waals surface area contributed by atoms with Crippen LogP contribution in [0.2, 0.25) is 0 Å². The van der Waals surface area contributed by atoms with E-state index in [4.69, 9.17) is 0 Å². The summed E-state index contributed by atoms with van der Waals surface area (Å²) in [4.78, 5) is 27.4. The molecule has 1 aliphatic heterocycles. The maximum absolute atomic E-state index is 12.3. The van der Waals surface area contributed by atoms with Crippen molar-refractivity contribution < 1.29 is 9.59 Å².